The molecule has 0 bridgehead atoms. The summed E-state index contributed by atoms with van der Waals surface area (Å²) >= 11 is 0. The zero-order valence-corrected chi connectivity index (χ0v) is 12.1. The number of nitro groups is 1. The molecule has 0 radical (unpaired) electrons. The van der Waals surface area contributed by atoms with Gasteiger partial charge in [0.25, 0.3) is 0 Å². The van der Waals surface area contributed by atoms with Crippen LogP contribution in [0.15, 0.2) is 36.5 Å². The fourth-order valence-corrected chi connectivity index (χ4v) is 2.83. The van der Waals surface area contributed by atoms with Crippen LogP contribution in [0.25, 0.3) is 0 Å². The average molecular weight is 302 g/mol. The first-order chi connectivity index (χ1) is 10.6. The van der Waals surface area contributed by atoms with E-state index in [0.717, 1.165) is 19.5 Å². The van der Waals surface area contributed by atoms with Crippen molar-refractivity contribution < 1.29 is 10.0 Å². The van der Waals surface area contributed by atoms with E-state index in [2.05, 4.69) is 22.1 Å². The molecule has 0 saturated heterocycles. The van der Waals surface area contributed by atoms with Gasteiger partial charge in [0.1, 0.15) is 0 Å². The molecule has 1 aliphatic rings. The summed E-state index contributed by atoms with van der Waals surface area (Å²) in [6, 6.07) is 9.68. The lowest BCUT2D eigenvalue weighted by molar-refractivity contribution is -0.389. The number of aromatic nitrogens is 2. The van der Waals surface area contributed by atoms with Crippen molar-refractivity contribution in [1.29, 1.82) is 0 Å². The summed E-state index contributed by atoms with van der Waals surface area (Å²) in [5.74, 6) is -0.195. The molecule has 116 valence electrons. The first kappa shape index (κ1) is 14.7. The fraction of sp³-hybridized carbons (Fsp3) is 0.400. The average Bonchev–Trinajstić information content (AvgIpc) is 2.95. The minimum absolute atomic E-state index is 0.195. The molecule has 0 amide bonds. The number of benzene rings is 1. The van der Waals surface area contributed by atoms with Gasteiger partial charge in [-0.2, -0.15) is 4.68 Å². The molecule has 1 aromatic heterocycles. The number of aliphatic hydroxyl groups excluding tert-OH is 1. The maximum atomic E-state index is 10.6. The first-order valence-electron chi connectivity index (χ1n) is 7.27. The van der Waals surface area contributed by atoms with Gasteiger partial charge in [-0.1, -0.05) is 24.3 Å². The number of nitrogens with zero attached hydrogens (tertiary/aromatic N) is 4. The minimum Gasteiger partial charge on any atom is -0.390 e. The lowest BCUT2D eigenvalue weighted by Gasteiger charge is -2.30. The summed E-state index contributed by atoms with van der Waals surface area (Å²) in [6.07, 6.45) is 1.90. The molecule has 22 heavy (non-hydrogen) atoms. The molecule has 1 N–H and O–H groups in total. The summed E-state index contributed by atoms with van der Waals surface area (Å²) in [4.78, 5) is 12.3. The highest BCUT2D eigenvalue weighted by molar-refractivity contribution is 5.29. The normalized spacial score (nSPS) is 16.2. The smallest absolute Gasteiger partial charge is 0.389 e. The zero-order valence-electron chi connectivity index (χ0n) is 12.1. The van der Waals surface area contributed by atoms with Crippen LogP contribution in [0.2, 0.25) is 0 Å². The number of fused-ring (bicyclic) bond motifs is 1. The van der Waals surface area contributed by atoms with Crippen molar-refractivity contribution in [3.05, 3.63) is 57.8 Å². The third-order valence-corrected chi connectivity index (χ3v) is 3.89. The second-order valence-corrected chi connectivity index (χ2v) is 5.56. The summed E-state index contributed by atoms with van der Waals surface area (Å²) < 4.78 is 1.42. The SMILES string of the molecule is O=[N+]([O-])c1ccn(C[C@@H](O)CN2CCc3ccccc3C2)n1. The van der Waals surface area contributed by atoms with E-state index in [-0.39, 0.29) is 12.4 Å². The monoisotopic (exact) mass is 302 g/mol. The molecule has 2 heterocycles. The Balaban J connectivity index is 1.56. The van der Waals surface area contributed by atoms with Gasteiger partial charge in [-0.05, 0) is 22.5 Å². The summed E-state index contributed by atoms with van der Waals surface area (Å²) in [7, 11) is 0. The standard InChI is InChI=1S/C15H18N4O3/c20-14(11-18-8-6-15(16-18)19(21)22)10-17-7-5-12-3-1-2-4-13(12)9-17/h1-4,6,8,14,20H,5,7,9-11H2/t14-/m0/s1. The molecule has 3 rings (SSSR count). The molecule has 0 spiro atoms. The van der Waals surface area contributed by atoms with Gasteiger partial charge >= 0.3 is 5.82 Å². The highest BCUT2D eigenvalue weighted by Crippen LogP contribution is 2.18. The Morgan fingerprint density at radius 3 is 2.77 bits per heavy atom. The topological polar surface area (TPSA) is 84.4 Å². The van der Waals surface area contributed by atoms with E-state index >= 15 is 0 Å². The Morgan fingerprint density at radius 2 is 2.05 bits per heavy atom. The molecule has 1 aromatic carbocycles. The maximum absolute atomic E-state index is 10.6. The van der Waals surface area contributed by atoms with Gasteiger partial charge in [-0.3, -0.25) is 4.90 Å². The van der Waals surface area contributed by atoms with Crippen LogP contribution in [-0.2, 0) is 19.5 Å². The molecular weight excluding hydrogens is 284 g/mol. The number of aliphatic hydroxyl groups is 1. The van der Waals surface area contributed by atoms with Crippen LogP contribution < -0.4 is 0 Å². The van der Waals surface area contributed by atoms with Crippen molar-refractivity contribution in [1.82, 2.24) is 14.7 Å². The van der Waals surface area contributed by atoms with E-state index in [1.807, 2.05) is 12.1 Å². The largest absolute Gasteiger partial charge is 0.390 e. The van der Waals surface area contributed by atoms with Crippen molar-refractivity contribution in [3.63, 3.8) is 0 Å². The molecule has 7 heteroatoms. The van der Waals surface area contributed by atoms with Crippen molar-refractivity contribution in [2.75, 3.05) is 13.1 Å². The number of rotatable bonds is 5. The van der Waals surface area contributed by atoms with Crippen molar-refractivity contribution in [2.24, 2.45) is 0 Å². The van der Waals surface area contributed by atoms with Gasteiger partial charge in [0, 0.05) is 19.6 Å². The summed E-state index contributed by atoms with van der Waals surface area (Å²) in [6.45, 7) is 2.52. The Hall–Kier alpha value is -2.25. The van der Waals surface area contributed by atoms with Crippen LogP contribution >= 0.6 is 0 Å². The number of β-amino-alcohol motifs (C(OH)–C–C–N with tert-alkyl or cyclic N) is 1. The second kappa shape index (κ2) is 6.25. The van der Waals surface area contributed by atoms with Crippen molar-refractivity contribution in [2.45, 2.75) is 25.6 Å². The van der Waals surface area contributed by atoms with Crippen molar-refractivity contribution >= 4 is 5.82 Å². The molecule has 0 fully saturated rings. The quantitative estimate of drug-likeness (QED) is 0.663. The van der Waals surface area contributed by atoms with Crippen LogP contribution in [0.1, 0.15) is 11.1 Å². The van der Waals surface area contributed by atoms with E-state index in [1.54, 1.807) is 0 Å². The van der Waals surface area contributed by atoms with E-state index < -0.39 is 11.0 Å². The van der Waals surface area contributed by atoms with Crippen LogP contribution in [0.4, 0.5) is 5.82 Å². The summed E-state index contributed by atoms with van der Waals surface area (Å²) in [5.41, 5.74) is 2.67. The number of hydrogen-bond donors (Lipinski definition) is 1. The van der Waals surface area contributed by atoms with Crippen LogP contribution in [0.5, 0.6) is 0 Å². The van der Waals surface area contributed by atoms with Crippen LogP contribution in [0.3, 0.4) is 0 Å². The van der Waals surface area contributed by atoms with Gasteiger partial charge in [0.2, 0.25) is 0 Å². The predicted molar refractivity (Wildman–Crippen MR) is 80.3 cm³/mol. The van der Waals surface area contributed by atoms with Gasteiger partial charge in [0.05, 0.1) is 30.0 Å². The Kier molecular flexibility index (Phi) is 4.17. The van der Waals surface area contributed by atoms with Gasteiger partial charge in [0.15, 0.2) is 0 Å². The van der Waals surface area contributed by atoms with E-state index in [4.69, 9.17) is 0 Å². The van der Waals surface area contributed by atoms with Gasteiger partial charge in [-0.15, -0.1) is 0 Å². The highest BCUT2D eigenvalue weighted by atomic mass is 16.6. The lowest BCUT2D eigenvalue weighted by atomic mass is 10.00. The number of hydrogen-bond acceptors (Lipinski definition) is 5. The van der Waals surface area contributed by atoms with E-state index in [9.17, 15) is 15.2 Å². The zero-order chi connectivity index (χ0) is 15.5. The van der Waals surface area contributed by atoms with Gasteiger partial charge < -0.3 is 15.2 Å². The first-order valence-corrected chi connectivity index (χ1v) is 7.27. The molecule has 2 aromatic rings. The van der Waals surface area contributed by atoms with Crippen molar-refractivity contribution in [3.8, 4) is 0 Å². The molecule has 0 saturated carbocycles. The fourth-order valence-electron chi connectivity index (χ4n) is 2.83. The Morgan fingerprint density at radius 1 is 1.27 bits per heavy atom. The van der Waals surface area contributed by atoms with Crippen LogP contribution in [-0.4, -0.2) is 43.9 Å². The Bertz CT molecular complexity index is 670. The molecule has 0 unspecified atom stereocenters. The summed E-state index contributed by atoms with van der Waals surface area (Å²) in [5, 5.41) is 24.6. The molecule has 1 atom stereocenters. The maximum Gasteiger partial charge on any atom is 0.389 e. The third-order valence-electron chi connectivity index (χ3n) is 3.89. The Labute approximate surface area is 127 Å². The predicted octanol–water partition coefficient (Wildman–Crippen LogP) is 1.21. The third kappa shape index (κ3) is 3.32. The minimum atomic E-state index is -0.607. The highest BCUT2D eigenvalue weighted by Gasteiger charge is 2.20. The van der Waals surface area contributed by atoms with Crippen LogP contribution in [0, 0.1) is 10.1 Å². The second-order valence-electron chi connectivity index (χ2n) is 5.56. The van der Waals surface area contributed by atoms with Gasteiger partial charge in [-0.25, -0.2) is 0 Å². The van der Waals surface area contributed by atoms with E-state index in [0.29, 0.717) is 6.54 Å². The molecule has 1 aliphatic heterocycles. The molecule has 7 nitrogen and oxygen atoms in total. The van der Waals surface area contributed by atoms with E-state index in [1.165, 1.54) is 28.1 Å². The molecular formula is C15H18N4O3. The molecule has 0 aliphatic carbocycles. The lowest BCUT2D eigenvalue weighted by Crippen LogP contribution is -2.38.